The van der Waals surface area contributed by atoms with Crippen molar-refractivity contribution in [2.24, 2.45) is 0 Å². The summed E-state index contributed by atoms with van der Waals surface area (Å²) in [5, 5.41) is 17.5. The fourth-order valence-electron chi connectivity index (χ4n) is 2.45. The first kappa shape index (κ1) is 21.5. The number of hydrogen-bond acceptors (Lipinski definition) is 5. The van der Waals surface area contributed by atoms with Crippen molar-refractivity contribution in [3.05, 3.63) is 70.8 Å². The average Bonchev–Trinajstić information content (AvgIpc) is 2.99. The van der Waals surface area contributed by atoms with Crippen molar-refractivity contribution in [3.8, 4) is 0 Å². The average molecular weight is 390 g/mol. The van der Waals surface area contributed by atoms with Crippen molar-refractivity contribution in [2.75, 3.05) is 6.61 Å². The number of alkyl halides is 1. The molecule has 2 aromatic rings. The van der Waals surface area contributed by atoms with Gasteiger partial charge < -0.3 is 19.7 Å². The maximum atomic E-state index is 12.9. The Hall–Kier alpha value is -2.77. The first-order valence-corrected chi connectivity index (χ1v) is 8.77. The predicted molar refractivity (Wildman–Crippen MR) is 100.0 cm³/mol. The minimum Gasteiger partial charge on any atom is -0.478 e. The highest BCUT2D eigenvalue weighted by atomic mass is 19.1. The molecular weight excluding hydrogens is 367 g/mol. The molecule has 150 valence electrons. The van der Waals surface area contributed by atoms with E-state index in [0.29, 0.717) is 11.1 Å². The Labute approximate surface area is 162 Å². The lowest BCUT2D eigenvalue weighted by Gasteiger charge is -2.10. The van der Waals surface area contributed by atoms with Gasteiger partial charge >= 0.3 is 11.9 Å². The normalized spacial score (nSPS) is 20.8. The van der Waals surface area contributed by atoms with Crippen LogP contribution in [0.4, 0.5) is 4.39 Å². The van der Waals surface area contributed by atoms with E-state index in [0.717, 1.165) is 11.1 Å². The van der Waals surface area contributed by atoms with E-state index < -0.39 is 30.5 Å². The quantitative estimate of drug-likeness (QED) is 0.779. The van der Waals surface area contributed by atoms with E-state index >= 15 is 0 Å². The lowest BCUT2D eigenvalue weighted by molar-refractivity contribution is -0.121. The summed E-state index contributed by atoms with van der Waals surface area (Å²) in [5.41, 5.74) is 2.90. The van der Waals surface area contributed by atoms with Gasteiger partial charge in [0, 0.05) is 6.42 Å². The molecule has 7 heteroatoms. The van der Waals surface area contributed by atoms with Crippen LogP contribution in [0.2, 0.25) is 0 Å². The number of aliphatic hydroxyl groups excluding tert-OH is 1. The number of carboxylic acids is 1. The molecule has 1 aliphatic heterocycles. The number of benzene rings is 2. The summed E-state index contributed by atoms with van der Waals surface area (Å²) in [6, 6.07) is 13.7. The number of carbonyl (C=O) groups is 2. The summed E-state index contributed by atoms with van der Waals surface area (Å²) in [5.74, 6) is -1.35. The van der Waals surface area contributed by atoms with Crippen LogP contribution in [-0.4, -0.2) is 47.3 Å². The van der Waals surface area contributed by atoms with Gasteiger partial charge in [-0.3, -0.25) is 0 Å². The Balaban J connectivity index is 0.000000237. The zero-order valence-corrected chi connectivity index (χ0v) is 15.7. The van der Waals surface area contributed by atoms with E-state index in [1.165, 1.54) is 0 Å². The summed E-state index contributed by atoms with van der Waals surface area (Å²) in [7, 11) is 0. The number of hydrogen-bond donors (Lipinski definition) is 2. The van der Waals surface area contributed by atoms with E-state index in [1.54, 1.807) is 36.4 Å². The molecule has 0 aromatic heterocycles. The molecule has 0 amide bonds. The van der Waals surface area contributed by atoms with Crippen molar-refractivity contribution < 1.29 is 33.7 Å². The van der Waals surface area contributed by atoms with Crippen LogP contribution in [0.15, 0.2) is 48.5 Å². The highest BCUT2D eigenvalue weighted by molar-refractivity contribution is 5.89. The molecule has 3 atom stereocenters. The zero-order valence-electron chi connectivity index (χ0n) is 15.7. The topological polar surface area (TPSA) is 93.1 Å². The van der Waals surface area contributed by atoms with Gasteiger partial charge in [-0.2, -0.15) is 0 Å². The molecule has 0 radical (unpaired) electrons. The van der Waals surface area contributed by atoms with Gasteiger partial charge in [0.2, 0.25) is 0 Å². The molecule has 2 N–H and O–H groups in total. The van der Waals surface area contributed by atoms with Gasteiger partial charge in [-0.05, 0) is 38.1 Å². The summed E-state index contributed by atoms with van der Waals surface area (Å²) in [6.45, 7) is 3.79. The molecule has 3 rings (SSSR count). The molecule has 28 heavy (non-hydrogen) atoms. The lowest BCUT2D eigenvalue weighted by Crippen LogP contribution is -2.19. The molecule has 2 aromatic carbocycles. The number of carboxylic acid groups (broad SMARTS) is 1. The van der Waals surface area contributed by atoms with Crippen molar-refractivity contribution >= 4 is 11.9 Å². The van der Waals surface area contributed by atoms with E-state index in [2.05, 4.69) is 0 Å². The highest BCUT2D eigenvalue weighted by Crippen LogP contribution is 2.21. The third-order valence-corrected chi connectivity index (χ3v) is 4.12. The molecule has 6 nitrogen and oxygen atoms in total. The molecule has 1 aliphatic rings. The number of ether oxygens (including phenoxy) is 2. The van der Waals surface area contributed by atoms with Crippen molar-refractivity contribution in [1.29, 1.82) is 0 Å². The molecular formula is C21H23FO6. The molecule has 2 unspecified atom stereocenters. The van der Waals surface area contributed by atoms with Crippen LogP contribution in [0, 0.1) is 13.8 Å². The Kier molecular flexibility index (Phi) is 7.66. The van der Waals surface area contributed by atoms with Gasteiger partial charge in [-0.25, -0.2) is 14.0 Å². The van der Waals surface area contributed by atoms with E-state index in [1.807, 2.05) is 26.0 Å². The number of aryl methyl sites for hydroxylation is 2. The largest absolute Gasteiger partial charge is 0.478 e. The van der Waals surface area contributed by atoms with Gasteiger partial charge in [0.15, 0.2) is 12.5 Å². The van der Waals surface area contributed by atoms with Gasteiger partial charge in [-0.15, -0.1) is 0 Å². The van der Waals surface area contributed by atoms with Crippen LogP contribution >= 0.6 is 0 Å². The van der Waals surface area contributed by atoms with Crippen LogP contribution in [0.5, 0.6) is 0 Å². The number of halogens is 1. The first-order chi connectivity index (χ1) is 13.3. The Bertz CT molecular complexity index is 778. The van der Waals surface area contributed by atoms with E-state index in [4.69, 9.17) is 19.7 Å². The molecule has 0 bridgehead atoms. The van der Waals surface area contributed by atoms with Crippen LogP contribution < -0.4 is 0 Å². The maximum Gasteiger partial charge on any atom is 0.338 e. The molecule has 0 saturated carbocycles. The smallest absolute Gasteiger partial charge is 0.338 e. The molecule has 1 heterocycles. The van der Waals surface area contributed by atoms with Gasteiger partial charge in [0.1, 0.15) is 6.61 Å². The second-order valence-electron chi connectivity index (χ2n) is 6.54. The standard InChI is InChI=1S/C13H15FO4.C8H8O2/c1-8-2-4-9(5-3-8)12(15)17-7-10-6-11(14)13(16)18-10;1-6-2-4-7(5-3-6)8(9)10/h2-5,10-11,13,16H,6-7H2,1H3;2-5H,1H3,(H,9,10)/t10-,11?,13?;/m0./s1. The second kappa shape index (κ2) is 9.96. The molecule has 1 saturated heterocycles. The summed E-state index contributed by atoms with van der Waals surface area (Å²) in [6.07, 6.45) is -3.35. The van der Waals surface area contributed by atoms with Crippen LogP contribution in [0.1, 0.15) is 38.3 Å². The summed E-state index contributed by atoms with van der Waals surface area (Å²) in [4.78, 5) is 22.0. The van der Waals surface area contributed by atoms with Crippen LogP contribution in [-0.2, 0) is 9.47 Å². The zero-order chi connectivity index (χ0) is 20.7. The Morgan fingerprint density at radius 1 is 1.04 bits per heavy atom. The van der Waals surface area contributed by atoms with E-state index in [9.17, 15) is 14.0 Å². The van der Waals surface area contributed by atoms with Crippen molar-refractivity contribution in [2.45, 2.75) is 38.8 Å². The van der Waals surface area contributed by atoms with Crippen molar-refractivity contribution in [1.82, 2.24) is 0 Å². The molecule has 0 aliphatic carbocycles. The number of rotatable bonds is 4. The molecule has 0 spiro atoms. The number of aliphatic hydroxyl groups is 1. The van der Waals surface area contributed by atoms with Crippen LogP contribution in [0.3, 0.4) is 0 Å². The van der Waals surface area contributed by atoms with Gasteiger partial charge in [-0.1, -0.05) is 35.4 Å². The van der Waals surface area contributed by atoms with Crippen molar-refractivity contribution in [3.63, 3.8) is 0 Å². The third-order valence-electron chi connectivity index (χ3n) is 4.12. The minimum absolute atomic E-state index is 0.0440. The number of aromatic carboxylic acids is 1. The van der Waals surface area contributed by atoms with Gasteiger partial charge in [0.25, 0.3) is 0 Å². The number of carbonyl (C=O) groups excluding carboxylic acids is 1. The first-order valence-electron chi connectivity index (χ1n) is 8.77. The Morgan fingerprint density at radius 2 is 1.54 bits per heavy atom. The summed E-state index contributed by atoms with van der Waals surface area (Å²) < 4.78 is 22.8. The SMILES string of the molecule is Cc1ccc(C(=O)O)cc1.Cc1ccc(C(=O)OC[C@@H]2CC(F)C(O)O2)cc1. The lowest BCUT2D eigenvalue weighted by atomic mass is 10.1. The van der Waals surface area contributed by atoms with Crippen LogP contribution in [0.25, 0.3) is 0 Å². The fourth-order valence-corrected chi connectivity index (χ4v) is 2.45. The van der Waals surface area contributed by atoms with E-state index in [-0.39, 0.29) is 13.0 Å². The second-order valence-corrected chi connectivity index (χ2v) is 6.54. The predicted octanol–water partition coefficient (Wildman–Crippen LogP) is 3.29. The van der Waals surface area contributed by atoms with Gasteiger partial charge in [0.05, 0.1) is 17.2 Å². The summed E-state index contributed by atoms with van der Waals surface area (Å²) >= 11 is 0. The number of esters is 1. The Morgan fingerprint density at radius 3 is 1.96 bits per heavy atom. The maximum absolute atomic E-state index is 12.9. The minimum atomic E-state index is -1.41. The third kappa shape index (κ3) is 6.44. The monoisotopic (exact) mass is 390 g/mol. The highest BCUT2D eigenvalue weighted by Gasteiger charge is 2.34. The fraction of sp³-hybridized carbons (Fsp3) is 0.333. The molecule has 1 fully saturated rings.